The van der Waals surface area contributed by atoms with Crippen LogP contribution in [0.15, 0.2) is 0 Å². The number of carboxylic acid groups (broad SMARTS) is 1. The molecule has 6 heteroatoms. The fourth-order valence-corrected chi connectivity index (χ4v) is 2.37. The summed E-state index contributed by atoms with van der Waals surface area (Å²) in [6, 6.07) is 2.40. The molecular formula is C12H16NO5+. The van der Waals surface area contributed by atoms with Crippen LogP contribution < -0.4 is 0 Å². The summed E-state index contributed by atoms with van der Waals surface area (Å²) in [5.41, 5.74) is -0.108. The lowest BCUT2D eigenvalue weighted by Crippen LogP contribution is -2.34. The number of amides is 1. The van der Waals surface area contributed by atoms with Crippen LogP contribution in [-0.2, 0) is 14.3 Å². The summed E-state index contributed by atoms with van der Waals surface area (Å²) < 4.78 is 9.98. The molecule has 0 aromatic rings. The van der Waals surface area contributed by atoms with Gasteiger partial charge in [-0.15, -0.1) is 0 Å². The van der Waals surface area contributed by atoms with E-state index in [9.17, 15) is 14.7 Å². The molecule has 0 aromatic heterocycles. The lowest BCUT2D eigenvalue weighted by Gasteiger charge is -2.29. The Hall–Kier alpha value is -1.61. The van der Waals surface area contributed by atoms with Gasteiger partial charge in [0.2, 0.25) is 0 Å². The maximum Gasteiger partial charge on any atom is 0.727 e. The number of nitrogens with zero attached hydrogens (tertiary/aromatic N) is 1. The monoisotopic (exact) mass is 254 g/mol. The van der Waals surface area contributed by atoms with Crippen molar-refractivity contribution in [1.29, 1.82) is 0 Å². The standard InChI is InChI=1S/C12H15NO5/c1-17-11(16)13-7-9(10(14)15)8-2-5-18-12(6-8)3-4-12/h8-9H,2-6H2,1H3/p+1/t8-,9?/m0/s1. The fraction of sp³-hybridized carbons (Fsp3) is 0.750. The largest absolute Gasteiger partial charge is 0.727 e. The van der Waals surface area contributed by atoms with Crippen LogP contribution in [0.5, 0.6) is 0 Å². The second-order valence-electron chi connectivity index (χ2n) is 4.81. The lowest BCUT2D eigenvalue weighted by atomic mass is 9.83. The van der Waals surface area contributed by atoms with Crippen LogP contribution in [0.2, 0.25) is 0 Å². The van der Waals surface area contributed by atoms with Crippen LogP contribution in [-0.4, -0.2) is 36.5 Å². The van der Waals surface area contributed by atoms with Gasteiger partial charge in [-0.05, 0) is 31.6 Å². The summed E-state index contributed by atoms with van der Waals surface area (Å²) >= 11 is 0. The van der Waals surface area contributed by atoms with Crippen molar-refractivity contribution in [3.63, 3.8) is 0 Å². The number of aliphatic carboxylic acids is 1. The van der Waals surface area contributed by atoms with Gasteiger partial charge >= 0.3 is 18.1 Å². The second kappa shape index (κ2) is 4.94. The molecule has 2 rings (SSSR count). The number of carbonyl (C=O) groups is 2. The van der Waals surface area contributed by atoms with Crippen molar-refractivity contribution < 1.29 is 24.2 Å². The maximum atomic E-state index is 11.2. The molecule has 0 bridgehead atoms. The quantitative estimate of drug-likeness (QED) is 0.812. The zero-order chi connectivity index (χ0) is 13.2. The molecule has 2 atom stereocenters. The third kappa shape index (κ3) is 2.79. The highest BCUT2D eigenvalue weighted by atomic mass is 16.5. The first-order valence-electron chi connectivity index (χ1n) is 5.97. The number of carboxylic acids is 1. The van der Waals surface area contributed by atoms with Gasteiger partial charge in [0, 0.05) is 6.61 Å². The van der Waals surface area contributed by atoms with Gasteiger partial charge < -0.3 is 14.6 Å². The first kappa shape index (κ1) is 12.8. The molecule has 2 fully saturated rings. The van der Waals surface area contributed by atoms with Crippen molar-refractivity contribution in [3.8, 4) is 6.07 Å². The summed E-state index contributed by atoms with van der Waals surface area (Å²) in [7, 11) is 1.19. The van der Waals surface area contributed by atoms with E-state index in [1.807, 2.05) is 0 Å². The SMILES string of the molecule is COC(=O)[N+]#CC(C(=O)O)[C@H]1CCOC2(CC2)C1. The summed E-state index contributed by atoms with van der Waals surface area (Å²) in [4.78, 5) is 25.5. The van der Waals surface area contributed by atoms with Gasteiger partial charge in [0.1, 0.15) is 0 Å². The Morgan fingerprint density at radius 1 is 1.56 bits per heavy atom. The number of hydrogen-bond acceptors (Lipinski definition) is 4. The van der Waals surface area contributed by atoms with Gasteiger partial charge in [0.05, 0.1) is 17.6 Å². The van der Waals surface area contributed by atoms with Crippen molar-refractivity contribution in [2.45, 2.75) is 31.3 Å². The number of hydrogen-bond donors (Lipinski definition) is 1. The van der Waals surface area contributed by atoms with Crippen LogP contribution in [0, 0.1) is 17.9 Å². The fourth-order valence-electron chi connectivity index (χ4n) is 2.37. The van der Waals surface area contributed by atoms with Crippen molar-refractivity contribution in [2.24, 2.45) is 11.8 Å². The zero-order valence-electron chi connectivity index (χ0n) is 10.2. The molecule has 0 radical (unpaired) electrons. The van der Waals surface area contributed by atoms with Gasteiger partial charge in [-0.3, -0.25) is 4.79 Å². The lowest BCUT2D eigenvalue weighted by molar-refractivity contribution is -0.143. The van der Waals surface area contributed by atoms with Crippen LogP contribution in [0.25, 0.3) is 4.85 Å². The van der Waals surface area contributed by atoms with Crippen LogP contribution in [0.1, 0.15) is 25.7 Å². The first-order chi connectivity index (χ1) is 8.56. The minimum Gasteiger partial charge on any atom is -0.480 e. The predicted molar refractivity (Wildman–Crippen MR) is 61.4 cm³/mol. The zero-order valence-corrected chi connectivity index (χ0v) is 10.2. The van der Waals surface area contributed by atoms with E-state index in [-0.39, 0.29) is 11.5 Å². The van der Waals surface area contributed by atoms with Gasteiger partial charge in [0.15, 0.2) is 5.92 Å². The van der Waals surface area contributed by atoms with Gasteiger partial charge in [-0.25, -0.2) is 0 Å². The number of ether oxygens (including phenoxy) is 2. The molecule has 1 N–H and O–H groups in total. The number of rotatable bonds is 2. The summed E-state index contributed by atoms with van der Waals surface area (Å²) in [5, 5.41) is 9.19. The average molecular weight is 254 g/mol. The van der Waals surface area contributed by atoms with Crippen LogP contribution in [0.4, 0.5) is 4.79 Å². The Labute approximate surface area is 105 Å². The average Bonchev–Trinajstić information content (AvgIpc) is 3.08. The van der Waals surface area contributed by atoms with E-state index in [0.717, 1.165) is 12.8 Å². The minimum absolute atomic E-state index is 0.0767. The molecule has 1 aliphatic heterocycles. The minimum atomic E-state index is -1.01. The van der Waals surface area contributed by atoms with E-state index in [1.165, 1.54) is 7.11 Å². The van der Waals surface area contributed by atoms with E-state index in [0.29, 0.717) is 19.4 Å². The Kier molecular flexibility index (Phi) is 3.53. The van der Waals surface area contributed by atoms with E-state index in [1.54, 1.807) is 0 Å². The third-order valence-corrected chi connectivity index (χ3v) is 3.55. The Bertz CT molecular complexity index is 418. The van der Waals surface area contributed by atoms with Crippen molar-refractivity contribution in [2.75, 3.05) is 13.7 Å². The highest BCUT2D eigenvalue weighted by Crippen LogP contribution is 2.49. The molecule has 1 amide bonds. The molecular weight excluding hydrogens is 238 g/mol. The Morgan fingerprint density at radius 2 is 2.28 bits per heavy atom. The third-order valence-electron chi connectivity index (χ3n) is 3.55. The van der Waals surface area contributed by atoms with E-state index < -0.39 is 18.0 Å². The molecule has 6 nitrogen and oxygen atoms in total. The van der Waals surface area contributed by atoms with Crippen LogP contribution in [0.3, 0.4) is 0 Å². The van der Waals surface area contributed by atoms with Gasteiger partial charge in [0.25, 0.3) is 0 Å². The van der Waals surface area contributed by atoms with Gasteiger partial charge in [-0.2, -0.15) is 4.79 Å². The van der Waals surface area contributed by atoms with Crippen LogP contribution >= 0.6 is 0 Å². The maximum absolute atomic E-state index is 11.2. The highest BCUT2D eigenvalue weighted by molar-refractivity contribution is 5.81. The van der Waals surface area contributed by atoms with Crippen molar-refractivity contribution >= 4 is 12.1 Å². The number of carbonyl (C=O) groups excluding carboxylic acids is 1. The van der Waals surface area contributed by atoms with Gasteiger partial charge in [-0.1, -0.05) is 0 Å². The topological polar surface area (TPSA) is 77.2 Å². The molecule has 0 aromatic carbocycles. The normalized spacial score (nSPS) is 25.7. The Balaban J connectivity index is 2.06. The number of methoxy groups -OCH3 is 1. The van der Waals surface area contributed by atoms with E-state index in [2.05, 4.69) is 15.7 Å². The van der Waals surface area contributed by atoms with E-state index in [4.69, 9.17) is 4.74 Å². The summed E-state index contributed by atoms with van der Waals surface area (Å²) in [6.45, 7) is 0.564. The van der Waals surface area contributed by atoms with Crippen molar-refractivity contribution in [3.05, 3.63) is 4.85 Å². The molecule has 2 aliphatic rings. The molecule has 1 heterocycles. The molecule has 1 saturated carbocycles. The molecule has 18 heavy (non-hydrogen) atoms. The molecule has 1 unspecified atom stereocenters. The highest BCUT2D eigenvalue weighted by Gasteiger charge is 2.50. The second-order valence-corrected chi connectivity index (χ2v) is 4.81. The first-order valence-corrected chi connectivity index (χ1v) is 5.97. The smallest absolute Gasteiger partial charge is 0.480 e. The van der Waals surface area contributed by atoms with Crippen molar-refractivity contribution in [1.82, 2.24) is 0 Å². The molecule has 1 aliphatic carbocycles. The molecule has 1 saturated heterocycles. The molecule has 1 spiro atoms. The summed E-state index contributed by atoms with van der Waals surface area (Å²) in [6.07, 6.45) is 2.51. The Morgan fingerprint density at radius 3 is 2.83 bits per heavy atom. The summed E-state index contributed by atoms with van der Waals surface area (Å²) in [5.74, 6) is -1.96. The predicted octanol–water partition coefficient (Wildman–Crippen LogP) is 1.75. The molecule has 98 valence electrons. The van der Waals surface area contributed by atoms with E-state index >= 15 is 0 Å².